The molecular formula is C19H22N2O. The molecular weight excluding hydrogens is 272 g/mol. The summed E-state index contributed by atoms with van der Waals surface area (Å²) in [6.45, 7) is 4.09. The SMILES string of the molecule is CC(C)(N)c1cccc2c1Cc1c-2[nH]c(=O)c2c1CCCC2. The number of hydrogen-bond donors (Lipinski definition) is 2. The molecule has 2 aromatic rings. The van der Waals surface area contributed by atoms with Gasteiger partial charge in [-0.1, -0.05) is 18.2 Å². The number of nitrogens with one attached hydrogen (secondary N) is 1. The molecule has 0 spiro atoms. The lowest BCUT2D eigenvalue weighted by Gasteiger charge is -2.22. The number of rotatable bonds is 1. The third kappa shape index (κ3) is 1.88. The zero-order chi connectivity index (χ0) is 15.5. The van der Waals surface area contributed by atoms with Gasteiger partial charge in [-0.3, -0.25) is 4.79 Å². The summed E-state index contributed by atoms with van der Waals surface area (Å²) in [5, 5.41) is 0. The fourth-order valence-corrected chi connectivity index (χ4v) is 4.12. The van der Waals surface area contributed by atoms with Crippen LogP contribution in [0.2, 0.25) is 0 Å². The summed E-state index contributed by atoms with van der Waals surface area (Å²) in [6, 6.07) is 6.28. The van der Waals surface area contributed by atoms with Crippen LogP contribution in [0, 0.1) is 0 Å². The van der Waals surface area contributed by atoms with Gasteiger partial charge in [-0.2, -0.15) is 0 Å². The number of H-pyrrole nitrogens is 1. The minimum atomic E-state index is -0.367. The van der Waals surface area contributed by atoms with E-state index in [-0.39, 0.29) is 11.1 Å². The number of aromatic nitrogens is 1. The molecule has 2 aliphatic carbocycles. The predicted molar refractivity (Wildman–Crippen MR) is 89.2 cm³/mol. The third-order valence-electron chi connectivity index (χ3n) is 5.14. The molecule has 0 atom stereocenters. The molecule has 1 aromatic heterocycles. The van der Waals surface area contributed by atoms with E-state index in [0.29, 0.717) is 0 Å². The van der Waals surface area contributed by atoms with Crippen LogP contribution in [0.4, 0.5) is 0 Å². The largest absolute Gasteiger partial charge is 0.322 e. The molecule has 0 saturated heterocycles. The van der Waals surface area contributed by atoms with Crippen molar-refractivity contribution in [1.82, 2.24) is 4.98 Å². The second kappa shape index (κ2) is 4.56. The van der Waals surface area contributed by atoms with E-state index < -0.39 is 0 Å². The fourth-order valence-electron chi connectivity index (χ4n) is 4.12. The summed E-state index contributed by atoms with van der Waals surface area (Å²) >= 11 is 0. The summed E-state index contributed by atoms with van der Waals surface area (Å²) in [7, 11) is 0. The van der Waals surface area contributed by atoms with Crippen LogP contribution < -0.4 is 11.3 Å². The highest BCUT2D eigenvalue weighted by atomic mass is 16.1. The molecule has 0 amide bonds. The normalized spacial score (nSPS) is 16.1. The van der Waals surface area contributed by atoms with Crippen molar-refractivity contribution < 1.29 is 0 Å². The van der Waals surface area contributed by atoms with Crippen LogP contribution >= 0.6 is 0 Å². The van der Waals surface area contributed by atoms with Crippen LogP contribution in [0.1, 0.15) is 54.5 Å². The number of hydrogen-bond acceptors (Lipinski definition) is 2. The first-order valence-corrected chi connectivity index (χ1v) is 8.15. The van der Waals surface area contributed by atoms with Gasteiger partial charge in [0.1, 0.15) is 0 Å². The summed E-state index contributed by atoms with van der Waals surface area (Å²) < 4.78 is 0. The molecule has 2 aliphatic rings. The van der Waals surface area contributed by atoms with Crippen molar-refractivity contribution in [2.75, 3.05) is 0 Å². The monoisotopic (exact) mass is 294 g/mol. The van der Waals surface area contributed by atoms with Gasteiger partial charge in [-0.25, -0.2) is 0 Å². The van der Waals surface area contributed by atoms with Gasteiger partial charge in [0.05, 0.1) is 5.69 Å². The molecule has 3 nitrogen and oxygen atoms in total. The highest BCUT2D eigenvalue weighted by Gasteiger charge is 2.30. The topological polar surface area (TPSA) is 58.9 Å². The molecule has 3 heteroatoms. The number of fused-ring (bicyclic) bond motifs is 5. The van der Waals surface area contributed by atoms with Crippen molar-refractivity contribution in [3.05, 3.63) is 56.4 Å². The lowest BCUT2D eigenvalue weighted by Crippen LogP contribution is -2.29. The van der Waals surface area contributed by atoms with E-state index >= 15 is 0 Å². The molecule has 4 rings (SSSR count). The average Bonchev–Trinajstić information content (AvgIpc) is 2.85. The lowest BCUT2D eigenvalue weighted by molar-refractivity contribution is 0.550. The van der Waals surface area contributed by atoms with Crippen LogP contribution in [-0.2, 0) is 24.8 Å². The molecule has 0 aliphatic heterocycles. The van der Waals surface area contributed by atoms with Gasteiger partial charge in [0.2, 0.25) is 0 Å². The zero-order valence-electron chi connectivity index (χ0n) is 13.3. The van der Waals surface area contributed by atoms with Gasteiger partial charge < -0.3 is 10.7 Å². The molecule has 0 saturated carbocycles. The molecule has 0 fully saturated rings. The number of pyridine rings is 1. The van der Waals surface area contributed by atoms with E-state index in [1.165, 1.54) is 28.7 Å². The summed E-state index contributed by atoms with van der Waals surface area (Å²) in [5.74, 6) is 0. The standard InChI is InChI=1S/C19H22N2O/c1-19(2,20)16-9-5-8-12-14(16)10-15-11-6-3-4-7-13(11)18(22)21-17(12)15/h5,8-9H,3-4,6-7,10,20H2,1-2H3,(H,21,22). The molecule has 3 N–H and O–H groups in total. The highest BCUT2D eigenvalue weighted by Crippen LogP contribution is 2.41. The van der Waals surface area contributed by atoms with E-state index in [1.54, 1.807) is 0 Å². The van der Waals surface area contributed by atoms with Crippen LogP contribution in [0.5, 0.6) is 0 Å². The summed E-state index contributed by atoms with van der Waals surface area (Å²) in [4.78, 5) is 15.6. The number of nitrogens with two attached hydrogens (primary N) is 1. The molecule has 22 heavy (non-hydrogen) atoms. The second-order valence-corrected chi connectivity index (χ2v) is 7.20. The van der Waals surface area contributed by atoms with Crippen molar-refractivity contribution in [2.24, 2.45) is 5.73 Å². The van der Waals surface area contributed by atoms with Crippen molar-refractivity contribution in [3.8, 4) is 11.3 Å². The molecule has 1 heterocycles. The predicted octanol–water partition coefficient (Wildman–Crippen LogP) is 3.02. The maximum atomic E-state index is 12.4. The van der Waals surface area contributed by atoms with Gasteiger partial charge in [0.15, 0.2) is 0 Å². The Morgan fingerprint density at radius 2 is 1.77 bits per heavy atom. The lowest BCUT2D eigenvalue weighted by atomic mass is 9.87. The van der Waals surface area contributed by atoms with Gasteiger partial charge in [-0.15, -0.1) is 0 Å². The second-order valence-electron chi connectivity index (χ2n) is 7.20. The maximum Gasteiger partial charge on any atom is 0.251 e. The Bertz CT molecular complexity index is 825. The molecule has 0 bridgehead atoms. The quantitative estimate of drug-likeness (QED) is 0.725. The van der Waals surface area contributed by atoms with Crippen LogP contribution in [0.25, 0.3) is 11.3 Å². The molecule has 0 radical (unpaired) electrons. The summed E-state index contributed by atoms with van der Waals surface area (Å²) in [6.07, 6.45) is 5.18. The van der Waals surface area contributed by atoms with Crippen LogP contribution in [-0.4, -0.2) is 4.98 Å². The highest BCUT2D eigenvalue weighted by molar-refractivity contribution is 5.77. The van der Waals surface area contributed by atoms with Crippen molar-refractivity contribution in [3.63, 3.8) is 0 Å². The van der Waals surface area contributed by atoms with E-state index in [2.05, 4.69) is 23.2 Å². The Balaban J connectivity index is 1.98. The van der Waals surface area contributed by atoms with Gasteiger partial charge in [-0.05, 0) is 61.8 Å². The van der Waals surface area contributed by atoms with E-state index in [4.69, 9.17) is 5.73 Å². The van der Waals surface area contributed by atoms with Gasteiger partial charge in [0, 0.05) is 23.1 Å². The first-order chi connectivity index (χ1) is 10.5. The van der Waals surface area contributed by atoms with Crippen molar-refractivity contribution in [2.45, 2.75) is 51.5 Å². The Morgan fingerprint density at radius 3 is 2.50 bits per heavy atom. The Morgan fingerprint density at radius 1 is 1.05 bits per heavy atom. The molecule has 114 valence electrons. The maximum absolute atomic E-state index is 12.4. The average molecular weight is 294 g/mol. The van der Waals surface area contributed by atoms with E-state index in [1.807, 2.05) is 13.8 Å². The minimum absolute atomic E-state index is 0.110. The van der Waals surface area contributed by atoms with Gasteiger partial charge >= 0.3 is 0 Å². The van der Waals surface area contributed by atoms with E-state index in [9.17, 15) is 4.79 Å². The number of benzene rings is 1. The zero-order valence-corrected chi connectivity index (χ0v) is 13.3. The number of aromatic amines is 1. The third-order valence-corrected chi connectivity index (χ3v) is 5.14. The Kier molecular flexibility index (Phi) is 2.85. The molecule has 0 unspecified atom stereocenters. The molecule has 1 aromatic carbocycles. The van der Waals surface area contributed by atoms with Gasteiger partial charge in [0.25, 0.3) is 5.56 Å². The smallest absolute Gasteiger partial charge is 0.251 e. The van der Waals surface area contributed by atoms with Crippen LogP contribution in [0.15, 0.2) is 23.0 Å². The minimum Gasteiger partial charge on any atom is -0.322 e. The summed E-state index contributed by atoms with van der Waals surface area (Å²) in [5.41, 5.74) is 14.4. The Hall–Kier alpha value is -1.87. The fraction of sp³-hybridized carbons (Fsp3) is 0.421. The first kappa shape index (κ1) is 13.8. The van der Waals surface area contributed by atoms with Crippen LogP contribution in [0.3, 0.4) is 0 Å². The van der Waals surface area contributed by atoms with Crippen molar-refractivity contribution >= 4 is 0 Å². The van der Waals surface area contributed by atoms with Crippen molar-refractivity contribution in [1.29, 1.82) is 0 Å². The van der Waals surface area contributed by atoms with E-state index in [0.717, 1.165) is 42.5 Å². The Labute approximate surface area is 130 Å². The first-order valence-electron chi connectivity index (χ1n) is 8.15.